The fourth-order valence-electron chi connectivity index (χ4n) is 0.956. The fourth-order valence-corrected chi connectivity index (χ4v) is 1.26. The zero-order valence-electron chi connectivity index (χ0n) is 7.13. The fraction of sp³-hybridized carbons (Fsp3) is 0.375. The number of nitrogens with zero attached hydrogens (tertiary/aromatic N) is 1. The molecule has 0 aliphatic carbocycles. The van der Waals surface area contributed by atoms with Gasteiger partial charge < -0.3 is 10.5 Å². The van der Waals surface area contributed by atoms with Crippen molar-refractivity contribution in [2.24, 2.45) is 5.73 Å². The SMILES string of the molecule is COC[C@H](N)c1ncc(Br)cc1F. The van der Waals surface area contributed by atoms with E-state index in [1.807, 2.05) is 0 Å². The van der Waals surface area contributed by atoms with Crippen molar-refractivity contribution in [3.05, 3.63) is 28.2 Å². The van der Waals surface area contributed by atoms with Crippen molar-refractivity contribution < 1.29 is 9.13 Å². The van der Waals surface area contributed by atoms with Crippen molar-refractivity contribution in [1.29, 1.82) is 0 Å². The van der Waals surface area contributed by atoms with Gasteiger partial charge in [0, 0.05) is 17.8 Å². The van der Waals surface area contributed by atoms with E-state index in [0.717, 1.165) is 0 Å². The summed E-state index contributed by atoms with van der Waals surface area (Å²) in [6.07, 6.45) is 1.51. The Bertz CT molecular complexity index is 295. The predicted molar refractivity (Wildman–Crippen MR) is 50.7 cm³/mol. The summed E-state index contributed by atoms with van der Waals surface area (Å²) in [7, 11) is 1.51. The molecule has 2 N–H and O–H groups in total. The van der Waals surface area contributed by atoms with Crippen LogP contribution in [0.2, 0.25) is 0 Å². The summed E-state index contributed by atoms with van der Waals surface area (Å²) in [5.41, 5.74) is 5.84. The number of hydrogen-bond acceptors (Lipinski definition) is 3. The zero-order valence-corrected chi connectivity index (χ0v) is 8.71. The summed E-state index contributed by atoms with van der Waals surface area (Å²) < 4.78 is 18.6. The molecule has 72 valence electrons. The minimum absolute atomic E-state index is 0.227. The summed E-state index contributed by atoms with van der Waals surface area (Å²) in [6.45, 7) is 0.256. The van der Waals surface area contributed by atoms with Crippen LogP contribution in [0.5, 0.6) is 0 Å². The van der Waals surface area contributed by atoms with Crippen LogP contribution in [0.15, 0.2) is 16.7 Å². The Morgan fingerprint density at radius 3 is 3.00 bits per heavy atom. The van der Waals surface area contributed by atoms with E-state index in [0.29, 0.717) is 4.47 Å². The van der Waals surface area contributed by atoms with Gasteiger partial charge in [0.2, 0.25) is 0 Å². The van der Waals surface area contributed by atoms with Crippen molar-refractivity contribution >= 4 is 15.9 Å². The second kappa shape index (κ2) is 4.64. The normalized spacial score (nSPS) is 12.9. The first kappa shape index (κ1) is 10.6. The molecule has 0 aliphatic rings. The third-order valence-corrected chi connectivity index (χ3v) is 1.97. The van der Waals surface area contributed by atoms with E-state index < -0.39 is 11.9 Å². The lowest BCUT2D eigenvalue weighted by Gasteiger charge is -2.10. The van der Waals surface area contributed by atoms with Gasteiger partial charge in [-0.25, -0.2) is 4.39 Å². The first-order chi connectivity index (χ1) is 6.15. The Hall–Kier alpha value is -0.520. The first-order valence-corrected chi connectivity index (χ1v) is 4.50. The van der Waals surface area contributed by atoms with E-state index in [4.69, 9.17) is 10.5 Å². The van der Waals surface area contributed by atoms with Crippen molar-refractivity contribution in [2.45, 2.75) is 6.04 Å². The molecule has 0 saturated carbocycles. The summed E-state index contributed by atoms with van der Waals surface area (Å²) in [4.78, 5) is 3.87. The molecule has 1 heterocycles. The highest BCUT2D eigenvalue weighted by Gasteiger charge is 2.12. The number of halogens is 2. The Morgan fingerprint density at radius 1 is 1.77 bits per heavy atom. The van der Waals surface area contributed by atoms with Gasteiger partial charge in [-0.2, -0.15) is 0 Å². The molecule has 13 heavy (non-hydrogen) atoms. The Kier molecular flexibility index (Phi) is 3.77. The lowest BCUT2D eigenvalue weighted by Crippen LogP contribution is -2.19. The molecule has 0 spiro atoms. The van der Waals surface area contributed by atoms with Gasteiger partial charge in [0.05, 0.1) is 18.3 Å². The van der Waals surface area contributed by atoms with Gasteiger partial charge in [-0.1, -0.05) is 0 Å². The van der Waals surface area contributed by atoms with E-state index >= 15 is 0 Å². The highest BCUT2D eigenvalue weighted by molar-refractivity contribution is 9.10. The minimum Gasteiger partial charge on any atom is -0.383 e. The van der Waals surface area contributed by atoms with Crippen LogP contribution < -0.4 is 5.73 Å². The summed E-state index contributed by atoms with van der Waals surface area (Å²) in [5, 5.41) is 0. The maximum atomic E-state index is 13.2. The van der Waals surface area contributed by atoms with E-state index in [9.17, 15) is 4.39 Å². The van der Waals surface area contributed by atoms with E-state index in [-0.39, 0.29) is 12.3 Å². The largest absolute Gasteiger partial charge is 0.383 e. The molecule has 0 fully saturated rings. The number of rotatable bonds is 3. The van der Waals surface area contributed by atoms with E-state index in [1.54, 1.807) is 0 Å². The standard InChI is InChI=1S/C8H10BrFN2O/c1-13-4-7(11)8-6(10)2-5(9)3-12-8/h2-3,7H,4,11H2,1H3/t7-/m0/s1. The highest BCUT2D eigenvalue weighted by Crippen LogP contribution is 2.16. The van der Waals surface area contributed by atoms with Crippen molar-refractivity contribution in [3.8, 4) is 0 Å². The second-order valence-electron chi connectivity index (χ2n) is 2.58. The van der Waals surface area contributed by atoms with Gasteiger partial charge >= 0.3 is 0 Å². The Morgan fingerprint density at radius 2 is 2.46 bits per heavy atom. The van der Waals surface area contributed by atoms with Gasteiger partial charge in [-0.15, -0.1) is 0 Å². The molecule has 1 atom stereocenters. The molecule has 0 unspecified atom stereocenters. The maximum absolute atomic E-state index is 13.2. The molecule has 1 rings (SSSR count). The maximum Gasteiger partial charge on any atom is 0.147 e. The van der Waals surface area contributed by atoms with Gasteiger partial charge in [0.15, 0.2) is 0 Å². The molecule has 0 bridgehead atoms. The third-order valence-electron chi connectivity index (χ3n) is 1.53. The molecule has 3 nitrogen and oxygen atoms in total. The summed E-state index contributed by atoms with van der Waals surface area (Å²) in [5.74, 6) is -0.418. The zero-order chi connectivity index (χ0) is 9.84. The summed E-state index contributed by atoms with van der Waals surface area (Å²) >= 11 is 3.11. The van der Waals surface area contributed by atoms with Crippen LogP contribution in [0, 0.1) is 5.82 Å². The van der Waals surface area contributed by atoms with Crippen LogP contribution in [0.25, 0.3) is 0 Å². The lowest BCUT2D eigenvalue weighted by molar-refractivity contribution is 0.178. The molecular weight excluding hydrogens is 239 g/mol. The number of pyridine rings is 1. The quantitative estimate of drug-likeness (QED) is 0.885. The number of methoxy groups -OCH3 is 1. The van der Waals surface area contributed by atoms with Gasteiger partial charge in [0.1, 0.15) is 5.82 Å². The number of hydrogen-bond donors (Lipinski definition) is 1. The molecule has 5 heteroatoms. The first-order valence-electron chi connectivity index (χ1n) is 3.70. The van der Waals surface area contributed by atoms with Crippen LogP contribution in [0.4, 0.5) is 4.39 Å². The second-order valence-corrected chi connectivity index (χ2v) is 3.50. The molecular formula is C8H10BrFN2O. The smallest absolute Gasteiger partial charge is 0.147 e. The monoisotopic (exact) mass is 248 g/mol. The van der Waals surface area contributed by atoms with Crippen molar-refractivity contribution in [2.75, 3.05) is 13.7 Å². The Labute approximate surface area is 84.2 Å². The molecule has 1 aromatic rings. The Balaban J connectivity index is 2.88. The van der Waals surface area contributed by atoms with Gasteiger partial charge in [-0.3, -0.25) is 4.98 Å². The third kappa shape index (κ3) is 2.72. The number of nitrogens with two attached hydrogens (primary N) is 1. The van der Waals surface area contributed by atoms with Crippen LogP contribution >= 0.6 is 15.9 Å². The number of ether oxygens (including phenoxy) is 1. The lowest BCUT2D eigenvalue weighted by atomic mass is 10.2. The van der Waals surface area contributed by atoms with E-state index in [2.05, 4.69) is 20.9 Å². The summed E-state index contributed by atoms with van der Waals surface area (Å²) in [6, 6.07) is 0.816. The molecule has 1 aromatic heterocycles. The van der Waals surface area contributed by atoms with Crippen molar-refractivity contribution in [1.82, 2.24) is 4.98 Å². The molecule has 0 amide bonds. The van der Waals surface area contributed by atoms with Crippen LogP contribution in [0.3, 0.4) is 0 Å². The van der Waals surface area contributed by atoms with Crippen LogP contribution in [0.1, 0.15) is 11.7 Å². The molecule has 0 aromatic carbocycles. The predicted octanol–water partition coefficient (Wildman–Crippen LogP) is 1.63. The van der Waals surface area contributed by atoms with Crippen LogP contribution in [-0.4, -0.2) is 18.7 Å². The minimum atomic E-state index is -0.516. The molecule has 0 aliphatic heterocycles. The average Bonchev–Trinajstić information content (AvgIpc) is 2.04. The average molecular weight is 249 g/mol. The van der Waals surface area contributed by atoms with Crippen LogP contribution in [-0.2, 0) is 4.74 Å². The number of aromatic nitrogens is 1. The van der Waals surface area contributed by atoms with Gasteiger partial charge in [0.25, 0.3) is 0 Å². The topological polar surface area (TPSA) is 48.1 Å². The molecule has 0 radical (unpaired) electrons. The van der Waals surface area contributed by atoms with E-state index in [1.165, 1.54) is 19.4 Å². The molecule has 0 saturated heterocycles. The van der Waals surface area contributed by atoms with Gasteiger partial charge in [-0.05, 0) is 22.0 Å². The highest BCUT2D eigenvalue weighted by atomic mass is 79.9. The van der Waals surface area contributed by atoms with Crippen molar-refractivity contribution in [3.63, 3.8) is 0 Å².